The predicted molar refractivity (Wildman–Crippen MR) is 60.2 cm³/mol. The van der Waals surface area contributed by atoms with Crippen molar-refractivity contribution >= 4 is 23.2 Å². The van der Waals surface area contributed by atoms with E-state index in [1.54, 1.807) is 6.20 Å². The minimum Gasteiger partial charge on any atom is -0.315 e. The molecule has 0 spiro atoms. The Hall–Kier alpha value is -0.420. The average Bonchev–Trinajstić information content (AvgIpc) is 2.69. The van der Waals surface area contributed by atoms with E-state index in [0.717, 1.165) is 25.1 Å². The monoisotopic (exact) mass is 246 g/mol. The maximum absolute atomic E-state index is 5.92. The van der Waals surface area contributed by atoms with Crippen molar-refractivity contribution in [2.24, 2.45) is 0 Å². The molecule has 0 aromatic carbocycles. The fourth-order valence-electron chi connectivity index (χ4n) is 1.57. The van der Waals surface area contributed by atoms with Crippen molar-refractivity contribution in [1.29, 1.82) is 0 Å². The van der Waals surface area contributed by atoms with Crippen LogP contribution < -0.4 is 10.6 Å². The molecule has 0 aliphatic carbocycles. The van der Waals surface area contributed by atoms with E-state index >= 15 is 0 Å². The fourth-order valence-corrected chi connectivity index (χ4v) is 1.94. The van der Waals surface area contributed by atoms with Crippen LogP contribution in [-0.2, 0) is 6.54 Å². The number of nitrogens with zero attached hydrogens (tertiary/aromatic N) is 2. The van der Waals surface area contributed by atoms with Gasteiger partial charge in [-0.3, -0.25) is 0 Å². The van der Waals surface area contributed by atoms with Crippen LogP contribution in [0.5, 0.6) is 0 Å². The van der Waals surface area contributed by atoms with E-state index in [1.165, 1.54) is 0 Å². The molecule has 2 N–H and O–H groups in total. The molecule has 0 unspecified atom stereocenters. The van der Waals surface area contributed by atoms with Crippen molar-refractivity contribution in [1.82, 2.24) is 20.6 Å². The Balaban J connectivity index is 1.92. The standard InChI is InChI=1S/C9H12Cl2N4/c10-8-6(4-14-9(11)15-8)3-13-7-1-2-12-5-7/h4,7,12-13H,1-3,5H2/t7-/m1/s1. The van der Waals surface area contributed by atoms with Crippen molar-refractivity contribution in [3.05, 3.63) is 22.2 Å². The van der Waals surface area contributed by atoms with Crippen molar-refractivity contribution in [3.63, 3.8) is 0 Å². The highest BCUT2D eigenvalue weighted by molar-refractivity contribution is 6.32. The molecule has 1 aliphatic heterocycles. The fraction of sp³-hybridized carbons (Fsp3) is 0.556. The second kappa shape index (κ2) is 5.07. The van der Waals surface area contributed by atoms with E-state index in [0.29, 0.717) is 17.7 Å². The molecular formula is C9H12Cl2N4. The minimum absolute atomic E-state index is 0.186. The largest absolute Gasteiger partial charge is 0.315 e. The summed E-state index contributed by atoms with van der Waals surface area (Å²) in [4.78, 5) is 7.78. The zero-order valence-corrected chi connectivity index (χ0v) is 9.65. The van der Waals surface area contributed by atoms with Crippen LogP contribution in [0.2, 0.25) is 10.4 Å². The third-order valence-electron chi connectivity index (χ3n) is 2.42. The molecule has 1 atom stereocenters. The first-order chi connectivity index (χ1) is 7.25. The molecule has 2 heterocycles. The summed E-state index contributed by atoms with van der Waals surface area (Å²) in [5, 5.41) is 7.28. The molecule has 1 aromatic rings. The molecule has 15 heavy (non-hydrogen) atoms. The third kappa shape index (κ3) is 3.01. The Morgan fingerprint density at radius 1 is 1.53 bits per heavy atom. The van der Waals surface area contributed by atoms with Crippen LogP contribution in [0.1, 0.15) is 12.0 Å². The smallest absolute Gasteiger partial charge is 0.223 e. The lowest BCUT2D eigenvalue weighted by Gasteiger charge is -2.11. The van der Waals surface area contributed by atoms with Crippen molar-refractivity contribution in [2.45, 2.75) is 19.0 Å². The Bertz CT molecular complexity index is 339. The molecule has 0 saturated carbocycles. The quantitative estimate of drug-likeness (QED) is 0.623. The Kier molecular flexibility index (Phi) is 3.75. The van der Waals surface area contributed by atoms with Gasteiger partial charge < -0.3 is 10.6 Å². The molecule has 2 rings (SSSR count). The van der Waals surface area contributed by atoms with Gasteiger partial charge in [-0.1, -0.05) is 11.6 Å². The van der Waals surface area contributed by atoms with Crippen LogP contribution in [0, 0.1) is 0 Å². The summed E-state index contributed by atoms with van der Waals surface area (Å²) in [7, 11) is 0. The van der Waals surface area contributed by atoms with Gasteiger partial charge in [0.2, 0.25) is 5.28 Å². The summed E-state index contributed by atoms with van der Waals surface area (Å²) in [5.74, 6) is 0. The van der Waals surface area contributed by atoms with Crippen LogP contribution in [0.3, 0.4) is 0 Å². The first-order valence-corrected chi connectivity index (χ1v) is 5.62. The van der Waals surface area contributed by atoms with Crippen LogP contribution in [-0.4, -0.2) is 29.1 Å². The third-order valence-corrected chi connectivity index (χ3v) is 2.93. The lowest BCUT2D eigenvalue weighted by Crippen LogP contribution is -2.30. The van der Waals surface area contributed by atoms with Gasteiger partial charge in [0.1, 0.15) is 5.15 Å². The van der Waals surface area contributed by atoms with Gasteiger partial charge in [-0.05, 0) is 24.6 Å². The van der Waals surface area contributed by atoms with Crippen molar-refractivity contribution in [3.8, 4) is 0 Å². The first-order valence-electron chi connectivity index (χ1n) is 4.87. The van der Waals surface area contributed by atoms with Gasteiger partial charge in [-0.15, -0.1) is 0 Å². The molecule has 1 aromatic heterocycles. The zero-order chi connectivity index (χ0) is 10.7. The number of hydrogen-bond acceptors (Lipinski definition) is 4. The molecule has 4 nitrogen and oxygen atoms in total. The van der Waals surface area contributed by atoms with E-state index in [-0.39, 0.29) is 5.28 Å². The topological polar surface area (TPSA) is 49.8 Å². The molecule has 1 fully saturated rings. The zero-order valence-electron chi connectivity index (χ0n) is 8.13. The minimum atomic E-state index is 0.186. The molecular weight excluding hydrogens is 235 g/mol. The van der Waals surface area contributed by atoms with E-state index < -0.39 is 0 Å². The number of hydrogen-bond donors (Lipinski definition) is 2. The van der Waals surface area contributed by atoms with Crippen molar-refractivity contribution < 1.29 is 0 Å². The van der Waals surface area contributed by atoms with Gasteiger partial charge >= 0.3 is 0 Å². The van der Waals surface area contributed by atoms with Gasteiger partial charge in [-0.25, -0.2) is 9.97 Å². The first kappa shape index (κ1) is 11.1. The lowest BCUT2D eigenvalue weighted by atomic mass is 10.2. The highest BCUT2D eigenvalue weighted by atomic mass is 35.5. The SMILES string of the molecule is Clc1ncc(CN[C@@H]2CCNC2)c(Cl)n1. The Labute approximate surface area is 98.4 Å². The van der Waals surface area contributed by atoms with E-state index in [9.17, 15) is 0 Å². The molecule has 0 bridgehead atoms. The summed E-state index contributed by atoms with van der Waals surface area (Å²) in [6.07, 6.45) is 2.80. The van der Waals surface area contributed by atoms with Crippen LogP contribution in [0.15, 0.2) is 6.20 Å². The van der Waals surface area contributed by atoms with E-state index in [2.05, 4.69) is 20.6 Å². The highest BCUT2D eigenvalue weighted by Crippen LogP contribution is 2.14. The number of halogens is 2. The second-order valence-electron chi connectivity index (χ2n) is 3.53. The summed E-state index contributed by atoms with van der Waals surface area (Å²) >= 11 is 11.5. The van der Waals surface area contributed by atoms with Gasteiger partial charge in [0, 0.05) is 30.9 Å². The molecule has 6 heteroatoms. The highest BCUT2D eigenvalue weighted by Gasteiger charge is 2.14. The van der Waals surface area contributed by atoms with Gasteiger partial charge in [0.05, 0.1) is 0 Å². The number of nitrogens with one attached hydrogen (secondary N) is 2. The summed E-state index contributed by atoms with van der Waals surface area (Å²) in [5.41, 5.74) is 0.882. The van der Waals surface area contributed by atoms with Gasteiger partial charge in [-0.2, -0.15) is 0 Å². The average molecular weight is 247 g/mol. The Morgan fingerprint density at radius 2 is 2.40 bits per heavy atom. The van der Waals surface area contributed by atoms with E-state index in [1.807, 2.05) is 0 Å². The van der Waals surface area contributed by atoms with Crippen molar-refractivity contribution in [2.75, 3.05) is 13.1 Å². The number of rotatable bonds is 3. The summed E-state index contributed by atoms with van der Waals surface area (Å²) < 4.78 is 0. The molecule has 1 aliphatic rings. The van der Waals surface area contributed by atoms with Crippen LogP contribution >= 0.6 is 23.2 Å². The summed E-state index contributed by atoms with van der Waals surface area (Å²) in [6.45, 7) is 2.76. The normalized spacial score (nSPS) is 20.8. The van der Waals surface area contributed by atoms with Gasteiger partial charge in [0.15, 0.2) is 0 Å². The maximum Gasteiger partial charge on any atom is 0.223 e. The molecule has 0 radical (unpaired) electrons. The molecule has 0 amide bonds. The van der Waals surface area contributed by atoms with Crippen LogP contribution in [0.25, 0.3) is 0 Å². The maximum atomic E-state index is 5.92. The Morgan fingerprint density at radius 3 is 3.07 bits per heavy atom. The van der Waals surface area contributed by atoms with Gasteiger partial charge in [0.25, 0.3) is 0 Å². The molecule has 82 valence electrons. The van der Waals surface area contributed by atoms with Crippen LogP contribution in [0.4, 0.5) is 0 Å². The van der Waals surface area contributed by atoms with E-state index in [4.69, 9.17) is 23.2 Å². The summed E-state index contributed by atoms with van der Waals surface area (Å²) in [6, 6.07) is 0.511. The predicted octanol–water partition coefficient (Wildman–Crippen LogP) is 1.23. The second-order valence-corrected chi connectivity index (χ2v) is 4.22. The lowest BCUT2D eigenvalue weighted by molar-refractivity contribution is 0.546. The number of aromatic nitrogens is 2. The molecule has 1 saturated heterocycles.